The average Bonchev–Trinajstić information content (AvgIpc) is 2.69. The Morgan fingerprint density at radius 3 is 2.46 bits per heavy atom. The van der Waals surface area contributed by atoms with Gasteiger partial charge < -0.3 is 14.6 Å². The molecule has 3 unspecified atom stereocenters. The van der Waals surface area contributed by atoms with Gasteiger partial charge in [0.2, 0.25) is 0 Å². The van der Waals surface area contributed by atoms with Crippen molar-refractivity contribution in [3.05, 3.63) is 0 Å². The molecule has 0 radical (unpaired) electrons. The minimum atomic E-state index is -1.67. The monoisotopic (exact) mass is 186 g/mol. The first-order valence-corrected chi connectivity index (χ1v) is 4.12. The van der Waals surface area contributed by atoms with Crippen LogP contribution in [0.1, 0.15) is 13.8 Å². The first kappa shape index (κ1) is 8.50. The predicted octanol–water partition coefficient (Wildman–Crippen LogP) is -0.210. The standard InChI is InChI=1S/C8H10O5/c1-3(2)4-5-8(13-5,6(9)10)7(11)12-4/h3-5H,1-2H3,(H,9,10). The Morgan fingerprint density at radius 2 is 2.23 bits per heavy atom. The first-order chi connectivity index (χ1) is 6.00. The van der Waals surface area contributed by atoms with Crippen molar-refractivity contribution in [2.45, 2.75) is 31.7 Å². The number of carbonyl (C=O) groups is 2. The number of esters is 1. The van der Waals surface area contributed by atoms with E-state index in [-0.39, 0.29) is 5.92 Å². The van der Waals surface area contributed by atoms with E-state index >= 15 is 0 Å². The molecule has 1 N–H and O–H groups in total. The van der Waals surface area contributed by atoms with Crippen LogP contribution in [0.25, 0.3) is 0 Å². The van der Waals surface area contributed by atoms with Crippen LogP contribution in [0.3, 0.4) is 0 Å². The number of rotatable bonds is 2. The number of carboxylic acid groups (broad SMARTS) is 1. The van der Waals surface area contributed by atoms with Crippen LogP contribution in [-0.4, -0.2) is 34.9 Å². The molecule has 0 aromatic heterocycles. The van der Waals surface area contributed by atoms with Crippen LogP contribution in [0.2, 0.25) is 0 Å². The van der Waals surface area contributed by atoms with Crippen molar-refractivity contribution >= 4 is 11.9 Å². The minimum absolute atomic E-state index is 0.0812. The molecule has 0 aromatic rings. The van der Waals surface area contributed by atoms with E-state index in [1.165, 1.54) is 0 Å². The number of cyclic esters (lactones) is 1. The molecule has 0 bridgehead atoms. The Hall–Kier alpha value is -1.10. The van der Waals surface area contributed by atoms with Gasteiger partial charge in [0.25, 0.3) is 5.60 Å². The number of hydrogen-bond acceptors (Lipinski definition) is 4. The molecular formula is C8H10O5. The third kappa shape index (κ3) is 0.848. The molecule has 2 aliphatic rings. The van der Waals surface area contributed by atoms with Gasteiger partial charge in [0.15, 0.2) is 0 Å². The number of hydrogen-bond donors (Lipinski definition) is 1. The highest BCUT2D eigenvalue weighted by Gasteiger charge is 2.78. The van der Waals surface area contributed by atoms with Gasteiger partial charge in [-0.15, -0.1) is 0 Å². The van der Waals surface area contributed by atoms with Crippen molar-refractivity contribution in [1.29, 1.82) is 0 Å². The number of carboxylic acids is 1. The van der Waals surface area contributed by atoms with E-state index in [0.29, 0.717) is 0 Å². The molecule has 0 amide bonds. The van der Waals surface area contributed by atoms with Crippen LogP contribution in [0.5, 0.6) is 0 Å². The van der Waals surface area contributed by atoms with E-state index in [2.05, 4.69) is 0 Å². The Labute approximate surface area is 74.6 Å². The molecule has 72 valence electrons. The van der Waals surface area contributed by atoms with Crippen LogP contribution < -0.4 is 0 Å². The van der Waals surface area contributed by atoms with E-state index in [9.17, 15) is 9.59 Å². The van der Waals surface area contributed by atoms with Gasteiger partial charge in [-0.05, 0) is 5.92 Å². The summed E-state index contributed by atoms with van der Waals surface area (Å²) in [5, 5.41) is 8.76. The molecule has 3 atom stereocenters. The van der Waals surface area contributed by atoms with Crippen molar-refractivity contribution in [2.75, 3.05) is 0 Å². The summed E-state index contributed by atoms with van der Waals surface area (Å²) in [4.78, 5) is 21.9. The quantitative estimate of drug-likeness (QED) is 0.367. The van der Waals surface area contributed by atoms with E-state index in [0.717, 1.165) is 0 Å². The molecule has 2 saturated heterocycles. The predicted molar refractivity (Wildman–Crippen MR) is 40.0 cm³/mol. The second kappa shape index (κ2) is 2.23. The summed E-state index contributed by atoms with van der Waals surface area (Å²) in [5.41, 5.74) is -1.67. The highest BCUT2D eigenvalue weighted by Crippen LogP contribution is 2.48. The van der Waals surface area contributed by atoms with Crippen molar-refractivity contribution in [2.24, 2.45) is 5.92 Å². The van der Waals surface area contributed by atoms with Gasteiger partial charge in [0, 0.05) is 0 Å². The summed E-state index contributed by atoms with van der Waals surface area (Å²) in [6.45, 7) is 3.72. The van der Waals surface area contributed by atoms with Gasteiger partial charge in [-0.25, -0.2) is 9.59 Å². The van der Waals surface area contributed by atoms with Crippen LogP contribution in [0, 0.1) is 5.92 Å². The summed E-state index contributed by atoms with van der Waals surface area (Å²) in [6, 6.07) is 0. The summed E-state index contributed by atoms with van der Waals surface area (Å²) in [5.74, 6) is -1.92. The Bertz CT molecular complexity index is 284. The van der Waals surface area contributed by atoms with Crippen LogP contribution in [0.4, 0.5) is 0 Å². The lowest BCUT2D eigenvalue weighted by molar-refractivity contribution is -0.163. The zero-order valence-electron chi connectivity index (χ0n) is 7.31. The van der Waals surface area contributed by atoms with Crippen LogP contribution in [0.15, 0.2) is 0 Å². The van der Waals surface area contributed by atoms with Crippen molar-refractivity contribution in [3.8, 4) is 0 Å². The number of carbonyl (C=O) groups excluding carboxylic acids is 1. The maximum atomic E-state index is 11.2. The van der Waals surface area contributed by atoms with Crippen molar-refractivity contribution in [1.82, 2.24) is 0 Å². The molecule has 2 fully saturated rings. The third-order valence-corrected chi connectivity index (χ3v) is 2.48. The fourth-order valence-electron chi connectivity index (χ4n) is 1.65. The Kier molecular flexibility index (Phi) is 1.46. The summed E-state index contributed by atoms with van der Waals surface area (Å²) >= 11 is 0. The lowest BCUT2D eigenvalue weighted by atomic mass is 9.98. The molecule has 2 heterocycles. The zero-order valence-corrected chi connectivity index (χ0v) is 7.31. The molecule has 0 spiro atoms. The van der Waals surface area contributed by atoms with Gasteiger partial charge in [-0.2, -0.15) is 0 Å². The molecule has 0 aromatic carbocycles. The van der Waals surface area contributed by atoms with E-state index < -0.39 is 29.7 Å². The van der Waals surface area contributed by atoms with Gasteiger partial charge in [-0.1, -0.05) is 13.8 Å². The van der Waals surface area contributed by atoms with Crippen LogP contribution >= 0.6 is 0 Å². The Morgan fingerprint density at radius 1 is 1.62 bits per heavy atom. The normalized spacial score (nSPS) is 41.6. The lowest BCUT2D eigenvalue weighted by Crippen LogP contribution is -2.32. The fraction of sp³-hybridized carbons (Fsp3) is 0.750. The lowest BCUT2D eigenvalue weighted by Gasteiger charge is -2.14. The van der Waals surface area contributed by atoms with Gasteiger partial charge in [0.1, 0.15) is 12.2 Å². The first-order valence-electron chi connectivity index (χ1n) is 4.12. The molecule has 2 rings (SSSR count). The third-order valence-electron chi connectivity index (χ3n) is 2.48. The molecular weight excluding hydrogens is 176 g/mol. The second-order valence-corrected chi connectivity index (χ2v) is 3.69. The second-order valence-electron chi connectivity index (χ2n) is 3.69. The number of aliphatic carboxylic acids is 1. The highest BCUT2D eigenvalue weighted by molar-refractivity contribution is 6.08. The number of fused-ring (bicyclic) bond motifs is 1. The van der Waals surface area contributed by atoms with E-state index in [1.807, 2.05) is 13.8 Å². The zero-order chi connectivity index (χ0) is 9.80. The summed E-state index contributed by atoms with van der Waals surface area (Å²) in [6.07, 6.45) is -0.999. The largest absolute Gasteiger partial charge is 0.479 e. The van der Waals surface area contributed by atoms with Gasteiger partial charge >= 0.3 is 11.9 Å². The van der Waals surface area contributed by atoms with E-state index in [4.69, 9.17) is 14.6 Å². The van der Waals surface area contributed by atoms with Crippen molar-refractivity contribution in [3.63, 3.8) is 0 Å². The highest BCUT2D eigenvalue weighted by atomic mass is 16.7. The molecule has 0 aliphatic carbocycles. The summed E-state index contributed by atoms with van der Waals surface area (Å²) < 4.78 is 9.82. The topological polar surface area (TPSA) is 76.1 Å². The van der Waals surface area contributed by atoms with Crippen molar-refractivity contribution < 1.29 is 24.2 Å². The molecule has 0 saturated carbocycles. The summed E-state index contributed by atoms with van der Waals surface area (Å²) in [7, 11) is 0. The van der Waals surface area contributed by atoms with Gasteiger partial charge in [0.05, 0.1) is 0 Å². The maximum absolute atomic E-state index is 11.2. The molecule has 2 aliphatic heterocycles. The van der Waals surface area contributed by atoms with Crippen LogP contribution in [-0.2, 0) is 19.1 Å². The van der Waals surface area contributed by atoms with Gasteiger partial charge in [-0.3, -0.25) is 0 Å². The smallest absolute Gasteiger partial charge is 0.353 e. The number of epoxide rings is 1. The SMILES string of the molecule is CC(C)C1OC(=O)C2(C(=O)O)OC12. The maximum Gasteiger partial charge on any atom is 0.353 e. The minimum Gasteiger partial charge on any atom is -0.479 e. The molecule has 5 heteroatoms. The fourth-order valence-corrected chi connectivity index (χ4v) is 1.65. The molecule has 13 heavy (non-hydrogen) atoms. The number of ether oxygens (including phenoxy) is 2. The Balaban J connectivity index is 2.24. The molecule has 5 nitrogen and oxygen atoms in total. The van der Waals surface area contributed by atoms with E-state index in [1.54, 1.807) is 0 Å². The average molecular weight is 186 g/mol.